The molecule has 0 radical (unpaired) electrons. The monoisotopic (exact) mass is 266 g/mol. The minimum absolute atomic E-state index is 0.0492. The Kier molecular flexibility index (Phi) is 5.10. The highest BCUT2D eigenvalue weighted by Crippen LogP contribution is 2.06. The highest BCUT2D eigenvalue weighted by atomic mass is 127. The number of aromatic nitrogens is 2. The number of carbonyl (C=O) groups is 1. The van der Waals surface area contributed by atoms with E-state index in [1.54, 1.807) is 0 Å². The second kappa shape index (κ2) is 5.29. The molecule has 0 atom stereocenters. The van der Waals surface area contributed by atoms with Gasteiger partial charge in [0.25, 0.3) is 0 Å². The molecule has 0 aromatic carbocycles. The Morgan fingerprint density at radius 2 is 2.18 bits per heavy atom. The van der Waals surface area contributed by atoms with Gasteiger partial charge in [0.15, 0.2) is 5.78 Å². The number of hydrogen-bond acceptors (Lipinski definition) is 2. The number of carbonyl (C=O) groups excluding carboxylic acids is 1. The minimum Gasteiger partial charge on any atom is -0.294 e. The summed E-state index contributed by atoms with van der Waals surface area (Å²) in [4.78, 5) is 10.7. The van der Waals surface area contributed by atoms with E-state index < -0.39 is 0 Å². The van der Waals surface area contributed by atoms with E-state index in [0.717, 1.165) is 3.70 Å². The van der Waals surface area contributed by atoms with E-state index in [9.17, 15) is 4.79 Å². The van der Waals surface area contributed by atoms with Gasteiger partial charge in [-0.25, -0.2) is 0 Å². The molecule has 3 nitrogen and oxygen atoms in total. The molecule has 0 unspecified atom stereocenters. The fourth-order valence-electron chi connectivity index (χ4n) is 0.516. The standard InChI is InChI=1S/C5H5IN2O.C2H6/c1-3(9)4-2-7-8-5(4)6;1-2/h2H,1H3,(H,7,8);1-2H3. The molecule has 0 spiro atoms. The first-order valence-electron chi connectivity index (χ1n) is 3.41. The smallest absolute Gasteiger partial charge is 0.164 e. The summed E-state index contributed by atoms with van der Waals surface area (Å²) in [7, 11) is 0. The molecule has 62 valence electrons. The van der Waals surface area contributed by atoms with Crippen LogP contribution >= 0.6 is 22.6 Å². The van der Waals surface area contributed by atoms with Gasteiger partial charge in [0, 0.05) is 0 Å². The van der Waals surface area contributed by atoms with Gasteiger partial charge in [-0.2, -0.15) is 5.10 Å². The number of halogens is 1. The summed E-state index contributed by atoms with van der Waals surface area (Å²) in [5, 5.41) is 6.36. The summed E-state index contributed by atoms with van der Waals surface area (Å²) < 4.78 is 0.806. The molecule has 0 aliphatic rings. The molecule has 1 heterocycles. The van der Waals surface area contributed by atoms with Gasteiger partial charge in [0.05, 0.1) is 11.8 Å². The molecule has 0 bridgehead atoms. The first-order valence-corrected chi connectivity index (χ1v) is 4.49. The van der Waals surface area contributed by atoms with Crippen LogP contribution < -0.4 is 0 Å². The second-order valence-electron chi connectivity index (χ2n) is 1.65. The average molecular weight is 266 g/mol. The van der Waals surface area contributed by atoms with Gasteiger partial charge >= 0.3 is 0 Å². The number of nitrogens with one attached hydrogen (secondary N) is 1. The number of nitrogens with zero attached hydrogens (tertiary/aromatic N) is 1. The Hall–Kier alpha value is -0.390. The summed E-state index contributed by atoms with van der Waals surface area (Å²) in [6, 6.07) is 0. The van der Waals surface area contributed by atoms with Crippen LogP contribution in [0.25, 0.3) is 0 Å². The SMILES string of the molecule is CC.CC(=O)c1cn[nH]c1I. The number of rotatable bonds is 1. The number of H-pyrrole nitrogens is 1. The highest BCUT2D eigenvalue weighted by molar-refractivity contribution is 14.1. The Morgan fingerprint density at radius 1 is 1.64 bits per heavy atom. The number of hydrogen-bond donors (Lipinski definition) is 1. The summed E-state index contributed by atoms with van der Waals surface area (Å²) >= 11 is 2.03. The molecule has 0 fully saturated rings. The zero-order valence-corrected chi connectivity index (χ0v) is 8.97. The van der Waals surface area contributed by atoms with Crippen LogP contribution in [0.15, 0.2) is 6.20 Å². The summed E-state index contributed by atoms with van der Waals surface area (Å²) in [6.07, 6.45) is 1.53. The van der Waals surface area contributed by atoms with Gasteiger partial charge in [0.2, 0.25) is 0 Å². The Morgan fingerprint density at radius 3 is 2.36 bits per heavy atom. The summed E-state index contributed by atoms with van der Waals surface area (Å²) in [5.41, 5.74) is 0.663. The molecular weight excluding hydrogens is 255 g/mol. The average Bonchev–Trinajstić information content (AvgIpc) is 2.39. The maximum absolute atomic E-state index is 10.7. The lowest BCUT2D eigenvalue weighted by Gasteiger charge is -1.84. The maximum atomic E-state index is 10.7. The van der Waals surface area contributed by atoms with Crippen molar-refractivity contribution in [3.63, 3.8) is 0 Å². The van der Waals surface area contributed by atoms with Gasteiger partial charge in [-0.05, 0) is 29.5 Å². The highest BCUT2D eigenvalue weighted by Gasteiger charge is 2.04. The van der Waals surface area contributed by atoms with Crippen LogP contribution in [0.1, 0.15) is 31.1 Å². The third kappa shape index (κ3) is 3.00. The van der Waals surface area contributed by atoms with Gasteiger partial charge < -0.3 is 0 Å². The predicted molar refractivity (Wildman–Crippen MR) is 52.7 cm³/mol. The molecule has 0 aliphatic carbocycles. The van der Waals surface area contributed by atoms with Crippen LogP contribution in [0.3, 0.4) is 0 Å². The molecule has 1 rings (SSSR count). The molecule has 1 aromatic rings. The van der Waals surface area contributed by atoms with E-state index in [-0.39, 0.29) is 5.78 Å². The first kappa shape index (κ1) is 10.6. The van der Waals surface area contributed by atoms with Gasteiger partial charge in [-0.15, -0.1) is 0 Å². The van der Waals surface area contributed by atoms with Crippen LogP contribution in [0.4, 0.5) is 0 Å². The lowest BCUT2D eigenvalue weighted by molar-refractivity contribution is 0.101. The van der Waals surface area contributed by atoms with Gasteiger partial charge in [-0.1, -0.05) is 13.8 Å². The zero-order valence-electron chi connectivity index (χ0n) is 6.81. The van der Waals surface area contributed by atoms with Crippen LogP contribution in [0, 0.1) is 3.70 Å². The van der Waals surface area contributed by atoms with Crippen molar-refractivity contribution >= 4 is 28.4 Å². The number of aromatic amines is 1. The van der Waals surface area contributed by atoms with E-state index in [1.807, 2.05) is 36.4 Å². The van der Waals surface area contributed by atoms with Crippen molar-refractivity contribution in [3.8, 4) is 0 Å². The number of ketones is 1. The molecular formula is C7H11IN2O. The van der Waals surface area contributed by atoms with E-state index >= 15 is 0 Å². The van der Waals surface area contributed by atoms with Crippen molar-refractivity contribution in [1.82, 2.24) is 10.2 Å². The van der Waals surface area contributed by atoms with Crippen LogP contribution in [0.5, 0.6) is 0 Å². The third-order valence-electron chi connectivity index (χ3n) is 0.972. The van der Waals surface area contributed by atoms with E-state index in [2.05, 4.69) is 10.2 Å². The molecule has 0 saturated carbocycles. The molecule has 4 heteroatoms. The molecule has 1 aromatic heterocycles. The van der Waals surface area contributed by atoms with Crippen molar-refractivity contribution in [3.05, 3.63) is 15.5 Å². The topological polar surface area (TPSA) is 45.8 Å². The molecule has 0 saturated heterocycles. The summed E-state index contributed by atoms with van der Waals surface area (Å²) in [5.74, 6) is 0.0492. The minimum atomic E-state index is 0.0492. The molecule has 0 aliphatic heterocycles. The van der Waals surface area contributed by atoms with Crippen LogP contribution in [0.2, 0.25) is 0 Å². The molecule has 1 N–H and O–H groups in total. The molecule has 0 amide bonds. The van der Waals surface area contributed by atoms with Crippen LogP contribution in [-0.2, 0) is 0 Å². The normalized spacial score (nSPS) is 8.36. The van der Waals surface area contributed by atoms with E-state index in [4.69, 9.17) is 0 Å². The van der Waals surface area contributed by atoms with Crippen molar-refractivity contribution in [2.75, 3.05) is 0 Å². The van der Waals surface area contributed by atoms with E-state index in [1.165, 1.54) is 13.1 Å². The lowest BCUT2D eigenvalue weighted by atomic mass is 10.3. The predicted octanol–water partition coefficient (Wildman–Crippen LogP) is 2.24. The Balaban J connectivity index is 0.000000461. The van der Waals surface area contributed by atoms with Crippen molar-refractivity contribution in [2.24, 2.45) is 0 Å². The maximum Gasteiger partial charge on any atom is 0.164 e. The van der Waals surface area contributed by atoms with Crippen molar-refractivity contribution in [2.45, 2.75) is 20.8 Å². The Bertz CT molecular complexity index is 232. The van der Waals surface area contributed by atoms with Crippen molar-refractivity contribution in [1.29, 1.82) is 0 Å². The second-order valence-corrected chi connectivity index (χ2v) is 2.73. The molecule has 11 heavy (non-hydrogen) atoms. The fraction of sp³-hybridized carbons (Fsp3) is 0.429. The fourth-order valence-corrected chi connectivity index (χ4v) is 1.17. The quantitative estimate of drug-likeness (QED) is 0.626. The van der Waals surface area contributed by atoms with Gasteiger partial charge in [0.1, 0.15) is 3.70 Å². The number of Topliss-reactive ketones (excluding diaryl/α,β-unsaturated/α-hetero) is 1. The van der Waals surface area contributed by atoms with Crippen molar-refractivity contribution < 1.29 is 4.79 Å². The third-order valence-corrected chi connectivity index (χ3v) is 1.79. The Labute approximate surface area is 79.7 Å². The summed E-state index contributed by atoms with van der Waals surface area (Å²) in [6.45, 7) is 5.52. The van der Waals surface area contributed by atoms with Gasteiger partial charge in [-0.3, -0.25) is 9.89 Å². The van der Waals surface area contributed by atoms with Crippen LogP contribution in [-0.4, -0.2) is 16.0 Å². The van der Waals surface area contributed by atoms with E-state index in [0.29, 0.717) is 5.56 Å². The lowest BCUT2D eigenvalue weighted by Crippen LogP contribution is -1.90. The zero-order chi connectivity index (χ0) is 8.85. The first-order chi connectivity index (χ1) is 5.22. The largest absolute Gasteiger partial charge is 0.294 e.